The van der Waals surface area contributed by atoms with Gasteiger partial charge < -0.3 is 9.32 Å². The lowest BCUT2D eigenvalue weighted by atomic mass is 10.0. The second-order valence-corrected chi connectivity index (χ2v) is 9.97. The summed E-state index contributed by atoms with van der Waals surface area (Å²) in [4.78, 5) is 14.1. The molecule has 0 aromatic carbocycles. The lowest BCUT2D eigenvalue weighted by molar-refractivity contribution is -0.130. The number of thioether (sulfide) groups is 1. The van der Waals surface area contributed by atoms with Crippen LogP contribution < -0.4 is 0 Å². The van der Waals surface area contributed by atoms with Crippen LogP contribution in [0, 0.1) is 11.8 Å². The number of likely N-dealkylation sites (tertiary alicyclic amines) is 1. The van der Waals surface area contributed by atoms with Crippen molar-refractivity contribution in [2.24, 2.45) is 11.8 Å². The normalized spacial score (nSPS) is 26.6. The van der Waals surface area contributed by atoms with E-state index in [1.807, 2.05) is 4.90 Å². The predicted molar refractivity (Wildman–Crippen MR) is 90.5 cm³/mol. The third-order valence-corrected chi connectivity index (χ3v) is 7.21. The minimum atomic E-state index is -2.89. The first-order valence-electron chi connectivity index (χ1n) is 8.34. The number of piperidine rings is 1. The Labute approximate surface area is 146 Å². The van der Waals surface area contributed by atoms with E-state index in [2.05, 4.69) is 17.1 Å². The lowest BCUT2D eigenvalue weighted by Crippen LogP contribution is -2.40. The van der Waals surface area contributed by atoms with Gasteiger partial charge in [-0.1, -0.05) is 18.7 Å². The Morgan fingerprint density at radius 2 is 2.21 bits per heavy atom. The molecule has 0 radical (unpaired) electrons. The Hall–Kier alpha value is -1.09. The van der Waals surface area contributed by atoms with Crippen LogP contribution in [0.2, 0.25) is 0 Å². The number of carbonyl (C=O) groups is 1. The number of hydrogen-bond donors (Lipinski definition) is 0. The van der Waals surface area contributed by atoms with Gasteiger partial charge in [0.15, 0.2) is 9.84 Å². The molecule has 0 unspecified atom stereocenters. The summed E-state index contributed by atoms with van der Waals surface area (Å²) in [5, 5.41) is 8.30. The number of aromatic nitrogens is 2. The Balaban J connectivity index is 1.47. The summed E-state index contributed by atoms with van der Waals surface area (Å²) < 4.78 is 28.5. The molecular formula is C15H23N3O4S2. The van der Waals surface area contributed by atoms with E-state index in [0.717, 1.165) is 19.5 Å². The number of nitrogens with zero attached hydrogens (tertiary/aromatic N) is 3. The fourth-order valence-electron chi connectivity index (χ4n) is 3.29. The van der Waals surface area contributed by atoms with E-state index in [9.17, 15) is 13.2 Å². The maximum atomic E-state index is 12.2. The van der Waals surface area contributed by atoms with Crippen LogP contribution in [-0.2, 0) is 21.1 Å². The first kappa shape index (κ1) is 17.7. The number of amides is 1. The van der Waals surface area contributed by atoms with E-state index in [4.69, 9.17) is 4.42 Å². The van der Waals surface area contributed by atoms with Crippen LogP contribution in [-0.4, -0.2) is 59.8 Å². The van der Waals surface area contributed by atoms with Crippen LogP contribution in [0.3, 0.4) is 0 Å². The van der Waals surface area contributed by atoms with Gasteiger partial charge in [0, 0.05) is 19.5 Å². The molecule has 1 aromatic heterocycles. The minimum absolute atomic E-state index is 0.0600. The third kappa shape index (κ3) is 4.72. The standard InChI is InChI=1S/C15H23N3O4S2/c1-11-3-2-5-18(8-11)14(19)9-23-15-17-16-13(22-15)7-12-4-6-24(20,21)10-12/h11-12H,2-10H2,1H3/t11-,12+/m0/s1. The molecule has 3 rings (SSSR count). The largest absolute Gasteiger partial charge is 0.416 e. The summed E-state index contributed by atoms with van der Waals surface area (Å²) in [5.41, 5.74) is 0. The van der Waals surface area contributed by atoms with Crippen LogP contribution in [0.1, 0.15) is 32.1 Å². The van der Waals surface area contributed by atoms with Crippen molar-refractivity contribution in [2.75, 3.05) is 30.3 Å². The molecule has 24 heavy (non-hydrogen) atoms. The zero-order valence-corrected chi connectivity index (χ0v) is 15.4. The van der Waals surface area contributed by atoms with Gasteiger partial charge in [-0.15, -0.1) is 10.2 Å². The van der Waals surface area contributed by atoms with Crippen LogP contribution in [0.25, 0.3) is 0 Å². The van der Waals surface area contributed by atoms with Crippen molar-refractivity contribution in [2.45, 2.75) is 37.8 Å². The summed E-state index contributed by atoms with van der Waals surface area (Å²) in [5.74, 6) is 1.92. The van der Waals surface area contributed by atoms with E-state index < -0.39 is 9.84 Å². The summed E-state index contributed by atoms with van der Waals surface area (Å²) in [7, 11) is -2.89. The summed E-state index contributed by atoms with van der Waals surface area (Å²) in [6.07, 6.45) is 3.39. The average Bonchev–Trinajstić information content (AvgIpc) is 3.11. The molecule has 1 amide bonds. The summed E-state index contributed by atoms with van der Waals surface area (Å²) >= 11 is 1.25. The minimum Gasteiger partial charge on any atom is -0.416 e. The number of hydrogen-bond acceptors (Lipinski definition) is 7. The first-order valence-corrected chi connectivity index (χ1v) is 11.2. The van der Waals surface area contributed by atoms with Crippen LogP contribution in [0.15, 0.2) is 9.64 Å². The smallest absolute Gasteiger partial charge is 0.277 e. The number of rotatable bonds is 5. The van der Waals surface area contributed by atoms with Crippen molar-refractivity contribution in [1.29, 1.82) is 0 Å². The van der Waals surface area contributed by atoms with E-state index >= 15 is 0 Å². The zero-order valence-electron chi connectivity index (χ0n) is 13.8. The molecule has 0 bridgehead atoms. The Kier molecular flexibility index (Phi) is 5.49. The Morgan fingerprint density at radius 3 is 2.92 bits per heavy atom. The monoisotopic (exact) mass is 373 g/mol. The van der Waals surface area contributed by atoms with Gasteiger partial charge in [0.25, 0.3) is 5.22 Å². The Bertz CT molecular complexity index is 689. The van der Waals surface area contributed by atoms with E-state index in [-0.39, 0.29) is 23.3 Å². The molecular weight excluding hydrogens is 350 g/mol. The maximum absolute atomic E-state index is 12.2. The summed E-state index contributed by atoms with van der Waals surface area (Å²) in [6, 6.07) is 0. The highest BCUT2D eigenvalue weighted by Crippen LogP contribution is 2.24. The maximum Gasteiger partial charge on any atom is 0.277 e. The van der Waals surface area contributed by atoms with Crippen molar-refractivity contribution in [3.05, 3.63) is 5.89 Å². The molecule has 0 saturated carbocycles. The third-order valence-electron chi connectivity index (χ3n) is 4.57. The molecule has 2 atom stereocenters. The van der Waals surface area contributed by atoms with E-state index in [1.54, 1.807) is 0 Å². The first-order chi connectivity index (χ1) is 11.4. The average molecular weight is 374 g/mol. The van der Waals surface area contributed by atoms with Crippen molar-refractivity contribution in [3.8, 4) is 0 Å². The molecule has 2 aliphatic heterocycles. The predicted octanol–water partition coefficient (Wildman–Crippen LogP) is 1.40. The van der Waals surface area contributed by atoms with Crippen LogP contribution >= 0.6 is 11.8 Å². The molecule has 0 aliphatic carbocycles. The zero-order chi connectivity index (χ0) is 17.2. The fraction of sp³-hybridized carbons (Fsp3) is 0.800. The molecule has 0 spiro atoms. The van der Waals surface area contributed by atoms with Crippen molar-refractivity contribution in [3.63, 3.8) is 0 Å². The van der Waals surface area contributed by atoms with Gasteiger partial charge in [0.1, 0.15) is 0 Å². The highest BCUT2D eigenvalue weighted by molar-refractivity contribution is 7.99. The lowest BCUT2D eigenvalue weighted by Gasteiger charge is -2.30. The molecule has 2 fully saturated rings. The van der Waals surface area contributed by atoms with Gasteiger partial charge in [-0.3, -0.25) is 4.79 Å². The molecule has 134 valence electrons. The molecule has 7 nitrogen and oxygen atoms in total. The van der Waals surface area contributed by atoms with Crippen molar-refractivity contribution >= 4 is 27.5 Å². The van der Waals surface area contributed by atoms with Crippen LogP contribution in [0.4, 0.5) is 0 Å². The van der Waals surface area contributed by atoms with Gasteiger partial charge in [-0.05, 0) is 31.1 Å². The van der Waals surface area contributed by atoms with Gasteiger partial charge in [0.05, 0.1) is 17.3 Å². The molecule has 2 aliphatic rings. The van der Waals surface area contributed by atoms with Gasteiger partial charge in [0.2, 0.25) is 11.8 Å². The number of sulfone groups is 1. The van der Waals surface area contributed by atoms with Crippen molar-refractivity contribution < 1.29 is 17.6 Å². The van der Waals surface area contributed by atoms with E-state index in [1.165, 1.54) is 18.2 Å². The highest BCUT2D eigenvalue weighted by atomic mass is 32.2. The Morgan fingerprint density at radius 1 is 1.38 bits per heavy atom. The quantitative estimate of drug-likeness (QED) is 0.720. The van der Waals surface area contributed by atoms with Crippen LogP contribution in [0.5, 0.6) is 0 Å². The molecule has 0 N–H and O–H groups in total. The topological polar surface area (TPSA) is 93.4 Å². The SMILES string of the molecule is C[C@H]1CCCN(C(=O)CSc2nnc(C[C@H]3CCS(=O)(=O)C3)o2)C1. The van der Waals surface area contributed by atoms with Gasteiger partial charge >= 0.3 is 0 Å². The van der Waals surface area contributed by atoms with E-state index in [0.29, 0.717) is 35.6 Å². The highest BCUT2D eigenvalue weighted by Gasteiger charge is 2.29. The molecule has 9 heteroatoms. The molecule has 3 heterocycles. The van der Waals surface area contributed by atoms with Gasteiger partial charge in [-0.25, -0.2) is 8.42 Å². The fourth-order valence-corrected chi connectivity index (χ4v) is 5.83. The molecule has 2 saturated heterocycles. The van der Waals surface area contributed by atoms with Crippen molar-refractivity contribution in [1.82, 2.24) is 15.1 Å². The summed E-state index contributed by atoms with van der Waals surface area (Å²) in [6.45, 7) is 3.82. The second-order valence-electron chi connectivity index (χ2n) is 6.81. The number of carbonyl (C=O) groups excluding carboxylic acids is 1. The second kappa shape index (κ2) is 7.43. The van der Waals surface area contributed by atoms with Gasteiger partial charge in [-0.2, -0.15) is 0 Å². The molecule has 1 aromatic rings.